The van der Waals surface area contributed by atoms with E-state index in [9.17, 15) is 0 Å². The smallest absolute Gasteiger partial charge is 0.225 e. The fourth-order valence-electron chi connectivity index (χ4n) is 1.59. The second-order valence-corrected chi connectivity index (χ2v) is 4.68. The molecule has 0 bridgehead atoms. The summed E-state index contributed by atoms with van der Waals surface area (Å²) in [5, 5.41) is 3.81. The van der Waals surface area contributed by atoms with E-state index >= 15 is 0 Å². The fourth-order valence-corrected chi connectivity index (χ4v) is 2.49. The van der Waals surface area contributed by atoms with Gasteiger partial charge in [-0.05, 0) is 12.1 Å². The fraction of sp³-hybridized carbons (Fsp3) is 0.0833. The molecule has 0 saturated carbocycles. The summed E-state index contributed by atoms with van der Waals surface area (Å²) >= 11 is 1.59. The summed E-state index contributed by atoms with van der Waals surface area (Å²) in [5.74, 6) is 0.577. The van der Waals surface area contributed by atoms with Crippen molar-refractivity contribution in [1.29, 1.82) is 0 Å². The molecule has 3 rings (SSSR count). The lowest BCUT2D eigenvalue weighted by atomic mass is 10.4. The molecule has 90 valence electrons. The summed E-state index contributed by atoms with van der Waals surface area (Å²) in [6.45, 7) is 0. The van der Waals surface area contributed by atoms with Crippen molar-refractivity contribution < 1.29 is 0 Å². The number of hydrogen-bond acceptors (Lipinski definition) is 5. The van der Waals surface area contributed by atoms with Crippen LogP contribution in [0.1, 0.15) is 0 Å². The van der Waals surface area contributed by atoms with Gasteiger partial charge < -0.3 is 10.3 Å². The summed E-state index contributed by atoms with van der Waals surface area (Å²) in [7, 11) is 1.80. The van der Waals surface area contributed by atoms with E-state index in [0.717, 1.165) is 15.4 Å². The highest BCUT2D eigenvalue weighted by atomic mass is 32.2. The van der Waals surface area contributed by atoms with Gasteiger partial charge in [0.05, 0.1) is 6.33 Å². The lowest BCUT2D eigenvalue weighted by molar-refractivity contribution is 1.08. The molecule has 0 radical (unpaired) electrons. The van der Waals surface area contributed by atoms with Crippen LogP contribution in [-0.4, -0.2) is 27.0 Å². The van der Waals surface area contributed by atoms with E-state index in [1.54, 1.807) is 25.1 Å². The first-order chi connectivity index (χ1) is 8.86. The van der Waals surface area contributed by atoms with Gasteiger partial charge in [-0.25, -0.2) is 9.97 Å². The van der Waals surface area contributed by atoms with Crippen LogP contribution in [-0.2, 0) is 0 Å². The zero-order valence-electron chi connectivity index (χ0n) is 9.71. The van der Waals surface area contributed by atoms with Gasteiger partial charge in [0.15, 0.2) is 5.65 Å². The zero-order valence-corrected chi connectivity index (χ0v) is 10.5. The molecule has 0 amide bonds. The van der Waals surface area contributed by atoms with Crippen molar-refractivity contribution in [3.05, 3.63) is 36.7 Å². The molecule has 0 unspecified atom stereocenters. The van der Waals surface area contributed by atoms with Gasteiger partial charge in [-0.15, -0.1) is 0 Å². The first kappa shape index (κ1) is 11.0. The number of benzene rings is 1. The van der Waals surface area contributed by atoms with Crippen molar-refractivity contribution in [2.45, 2.75) is 9.92 Å². The molecule has 18 heavy (non-hydrogen) atoms. The Morgan fingerprint density at radius 1 is 1.17 bits per heavy atom. The second-order valence-electron chi connectivity index (χ2n) is 3.62. The molecule has 0 spiro atoms. The van der Waals surface area contributed by atoms with Crippen LogP contribution in [0.3, 0.4) is 0 Å². The molecular formula is C12H11N5S. The van der Waals surface area contributed by atoms with Gasteiger partial charge in [-0.3, -0.25) is 0 Å². The van der Waals surface area contributed by atoms with Gasteiger partial charge in [0.25, 0.3) is 0 Å². The minimum Gasteiger partial charge on any atom is -0.357 e. The number of imidazole rings is 1. The van der Waals surface area contributed by atoms with Gasteiger partial charge in [-0.2, -0.15) is 4.98 Å². The molecule has 1 aromatic carbocycles. The summed E-state index contributed by atoms with van der Waals surface area (Å²) in [4.78, 5) is 17.1. The average molecular weight is 257 g/mol. The summed E-state index contributed by atoms with van der Waals surface area (Å²) in [5.41, 5.74) is 1.54. The molecule has 0 atom stereocenters. The van der Waals surface area contributed by atoms with Crippen LogP contribution < -0.4 is 5.32 Å². The highest BCUT2D eigenvalue weighted by molar-refractivity contribution is 7.99. The van der Waals surface area contributed by atoms with Crippen LogP contribution in [0.2, 0.25) is 0 Å². The quantitative estimate of drug-likeness (QED) is 0.706. The van der Waals surface area contributed by atoms with E-state index in [-0.39, 0.29) is 0 Å². The Morgan fingerprint density at radius 3 is 2.78 bits per heavy atom. The molecule has 0 aliphatic rings. The van der Waals surface area contributed by atoms with Gasteiger partial charge in [0, 0.05) is 11.9 Å². The minimum atomic E-state index is 0.577. The third kappa shape index (κ3) is 2.02. The predicted molar refractivity (Wildman–Crippen MR) is 71.8 cm³/mol. The van der Waals surface area contributed by atoms with Crippen molar-refractivity contribution in [2.24, 2.45) is 0 Å². The van der Waals surface area contributed by atoms with E-state index in [2.05, 4.69) is 25.3 Å². The highest BCUT2D eigenvalue weighted by Gasteiger charge is 2.10. The molecule has 2 heterocycles. The monoisotopic (exact) mass is 257 g/mol. The molecule has 3 aromatic rings. The molecule has 0 aliphatic carbocycles. The maximum atomic E-state index is 4.46. The van der Waals surface area contributed by atoms with Crippen molar-refractivity contribution in [1.82, 2.24) is 19.9 Å². The number of nitrogens with one attached hydrogen (secondary N) is 2. The number of nitrogens with zero attached hydrogens (tertiary/aromatic N) is 3. The topological polar surface area (TPSA) is 66.5 Å². The predicted octanol–water partition coefficient (Wildman–Crippen LogP) is 2.55. The third-order valence-corrected chi connectivity index (χ3v) is 3.43. The van der Waals surface area contributed by atoms with Crippen LogP contribution in [0, 0.1) is 0 Å². The molecular weight excluding hydrogens is 246 g/mol. The van der Waals surface area contributed by atoms with E-state index in [4.69, 9.17) is 0 Å². The van der Waals surface area contributed by atoms with E-state index in [1.165, 1.54) is 0 Å². The minimum absolute atomic E-state index is 0.577. The molecule has 2 N–H and O–H groups in total. The van der Waals surface area contributed by atoms with Gasteiger partial charge >= 0.3 is 0 Å². The Kier molecular flexibility index (Phi) is 2.85. The second kappa shape index (κ2) is 4.66. The number of aromatic amines is 1. The van der Waals surface area contributed by atoms with E-state index < -0.39 is 0 Å². The first-order valence-corrected chi connectivity index (χ1v) is 6.30. The third-order valence-electron chi connectivity index (χ3n) is 2.43. The molecule has 0 saturated heterocycles. The van der Waals surface area contributed by atoms with Gasteiger partial charge in [-0.1, -0.05) is 30.0 Å². The number of rotatable bonds is 3. The Labute approximate surface area is 108 Å². The maximum absolute atomic E-state index is 4.46. The van der Waals surface area contributed by atoms with Crippen molar-refractivity contribution in [3.8, 4) is 0 Å². The summed E-state index contributed by atoms with van der Waals surface area (Å²) < 4.78 is 0. The summed E-state index contributed by atoms with van der Waals surface area (Å²) in [6, 6.07) is 10.1. The van der Waals surface area contributed by atoms with Gasteiger partial charge in [0.2, 0.25) is 5.95 Å². The average Bonchev–Trinajstić information content (AvgIpc) is 2.88. The number of fused-ring (bicyclic) bond motifs is 1. The maximum Gasteiger partial charge on any atom is 0.225 e. The molecule has 0 fully saturated rings. The number of aromatic nitrogens is 4. The number of anilines is 1. The van der Waals surface area contributed by atoms with Crippen LogP contribution in [0.5, 0.6) is 0 Å². The van der Waals surface area contributed by atoms with E-state index in [1.807, 2.05) is 30.3 Å². The van der Waals surface area contributed by atoms with Crippen molar-refractivity contribution in [2.75, 3.05) is 12.4 Å². The van der Waals surface area contributed by atoms with Crippen LogP contribution in [0.25, 0.3) is 11.2 Å². The summed E-state index contributed by atoms with van der Waals surface area (Å²) in [6.07, 6.45) is 1.63. The molecule has 0 aliphatic heterocycles. The Morgan fingerprint density at radius 2 is 2.00 bits per heavy atom. The zero-order chi connectivity index (χ0) is 12.4. The molecule has 5 nitrogen and oxygen atoms in total. The Hall–Kier alpha value is -2.08. The highest BCUT2D eigenvalue weighted by Crippen LogP contribution is 2.30. The number of H-pyrrole nitrogens is 1. The number of hydrogen-bond donors (Lipinski definition) is 2. The molecule has 2 aromatic heterocycles. The van der Waals surface area contributed by atoms with Crippen LogP contribution in [0.4, 0.5) is 5.95 Å². The van der Waals surface area contributed by atoms with Crippen molar-refractivity contribution >= 4 is 28.9 Å². The van der Waals surface area contributed by atoms with Crippen LogP contribution >= 0.6 is 11.8 Å². The lowest BCUT2D eigenvalue weighted by Gasteiger charge is -2.04. The molecule has 6 heteroatoms. The Bertz CT molecular complexity index is 665. The largest absolute Gasteiger partial charge is 0.357 e. The normalized spacial score (nSPS) is 10.7. The van der Waals surface area contributed by atoms with E-state index in [0.29, 0.717) is 11.6 Å². The SMILES string of the molecule is CNc1nc(Sc2ccccc2)c2[nH]cnc2n1. The first-order valence-electron chi connectivity index (χ1n) is 5.48. The standard InChI is InChI=1S/C12H11N5S/c1-13-12-16-10-9(14-7-15-10)11(17-12)18-8-5-3-2-4-6-8/h2-7H,1H3,(H2,13,14,15,16,17). The van der Waals surface area contributed by atoms with Crippen LogP contribution in [0.15, 0.2) is 46.6 Å². The lowest BCUT2D eigenvalue weighted by Crippen LogP contribution is -1.98. The van der Waals surface area contributed by atoms with Crippen molar-refractivity contribution in [3.63, 3.8) is 0 Å². The van der Waals surface area contributed by atoms with Gasteiger partial charge in [0.1, 0.15) is 10.5 Å². The Balaban J connectivity index is 2.07.